The molecule has 0 fully saturated rings. The number of aromatic nitrogens is 2. The molecule has 0 saturated heterocycles. The lowest BCUT2D eigenvalue weighted by molar-refractivity contribution is 1.35. The lowest BCUT2D eigenvalue weighted by atomic mass is 10.1. The van der Waals surface area contributed by atoms with Crippen LogP contribution in [0.15, 0.2) is 36.5 Å². The number of para-hydroxylation sites is 1. The molecule has 0 aliphatic heterocycles. The van der Waals surface area contributed by atoms with E-state index in [1.54, 1.807) is 6.20 Å². The first-order chi connectivity index (χ1) is 7.77. The molecule has 78 valence electrons. The number of hydrogen-bond donors (Lipinski definition) is 0. The Labute approximate surface area is 102 Å². The topological polar surface area (TPSA) is 25.8 Å². The van der Waals surface area contributed by atoms with Crippen molar-refractivity contribution < 1.29 is 0 Å². The van der Waals surface area contributed by atoms with E-state index in [-0.39, 0.29) is 0 Å². The average molecular weight is 249 g/mol. The van der Waals surface area contributed by atoms with Crippen molar-refractivity contribution in [3.05, 3.63) is 46.8 Å². The third-order valence-electron chi connectivity index (χ3n) is 2.52. The number of halogens is 2. The largest absolute Gasteiger partial charge is 0.244 e. The predicted molar refractivity (Wildman–Crippen MR) is 67.1 cm³/mol. The van der Waals surface area contributed by atoms with Gasteiger partial charge in [0.1, 0.15) is 10.3 Å². The summed E-state index contributed by atoms with van der Waals surface area (Å²) in [5.74, 6) is 0. The molecule has 0 unspecified atom stereocenters. The fourth-order valence-corrected chi connectivity index (χ4v) is 2.32. The quantitative estimate of drug-likeness (QED) is 0.443. The van der Waals surface area contributed by atoms with Crippen LogP contribution in [0.1, 0.15) is 0 Å². The summed E-state index contributed by atoms with van der Waals surface area (Å²) < 4.78 is 0. The van der Waals surface area contributed by atoms with E-state index in [9.17, 15) is 0 Å². The van der Waals surface area contributed by atoms with Crippen LogP contribution in [0, 0.1) is 0 Å². The average Bonchev–Trinajstić information content (AvgIpc) is 2.30. The third kappa shape index (κ3) is 1.34. The van der Waals surface area contributed by atoms with Gasteiger partial charge in [0, 0.05) is 22.4 Å². The van der Waals surface area contributed by atoms with Gasteiger partial charge in [-0.3, -0.25) is 0 Å². The molecule has 4 heteroatoms. The molecule has 0 saturated carbocycles. The summed E-state index contributed by atoms with van der Waals surface area (Å²) in [6.07, 6.45) is 1.63. The summed E-state index contributed by atoms with van der Waals surface area (Å²) in [5, 5.41) is 3.58. The second-order valence-corrected chi connectivity index (χ2v) is 4.16. The molecule has 0 aliphatic rings. The molecule has 0 bridgehead atoms. The zero-order valence-corrected chi connectivity index (χ0v) is 9.63. The van der Waals surface area contributed by atoms with E-state index in [1.165, 1.54) is 0 Å². The van der Waals surface area contributed by atoms with Crippen LogP contribution in [0.4, 0.5) is 0 Å². The van der Waals surface area contributed by atoms with Crippen molar-refractivity contribution in [1.29, 1.82) is 0 Å². The first kappa shape index (κ1) is 9.82. The van der Waals surface area contributed by atoms with Gasteiger partial charge in [-0.2, -0.15) is 0 Å². The van der Waals surface area contributed by atoms with Crippen molar-refractivity contribution in [2.75, 3.05) is 0 Å². The van der Waals surface area contributed by atoms with Gasteiger partial charge in [-0.05, 0) is 12.1 Å². The molecule has 0 spiro atoms. The number of benzene rings is 1. The second-order valence-electron chi connectivity index (χ2n) is 3.44. The molecule has 3 aromatic rings. The molecule has 2 nitrogen and oxygen atoms in total. The van der Waals surface area contributed by atoms with Crippen LogP contribution in [0.25, 0.3) is 21.7 Å². The molecule has 0 atom stereocenters. The Balaban J connectivity index is 2.67. The minimum atomic E-state index is 0.456. The smallest absolute Gasteiger partial charge is 0.137 e. The van der Waals surface area contributed by atoms with Gasteiger partial charge in [-0.1, -0.05) is 41.4 Å². The van der Waals surface area contributed by atoms with Crippen molar-refractivity contribution in [2.45, 2.75) is 0 Å². The van der Waals surface area contributed by atoms with Gasteiger partial charge in [-0.25, -0.2) is 9.97 Å². The fourth-order valence-electron chi connectivity index (χ4n) is 1.81. The number of nitrogens with zero attached hydrogens (tertiary/aromatic N) is 2. The Morgan fingerprint density at radius 1 is 0.875 bits per heavy atom. The monoisotopic (exact) mass is 248 g/mol. The first-order valence-corrected chi connectivity index (χ1v) is 5.51. The molecule has 2 heterocycles. The highest BCUT2D eigenvalue weighted by Gasteiger charge is 2.09. The number of fused-ring (bicyclic) bond motifs is 3. The van der Waals surface area contributed by atoms with Gasteiger partial charge >= 0.3 is 0 Å². The van der Waals surface area contributed by atoms with E-state index in [0.29, 0.717) is 10.3 Å². The standard InChI is InChI=1S/C12H6Cl2N2/c13-11-8-5-6-15-12(14)10(8)7-3-1-2-4-9(7)16-11/h1-6H. The first-order valence-electron chi connectivity index (χ1n) is 4.76. The lowest BCUT2D eigenvalue weighted by Crippen LogP contribution is -1.86. The molecule has 0 N–H and O–H groups in total. The zero-order valence-electron chi connectivity index (χ0n) is 8.11. The van der Waals surface area contributed by atoms with E-state index in [2.05, 4.69) is 9.97 Å². The molecule has 0 radical (unpaired) electrons. The molecular weight excluding hydrogens is 243 g/mol. The van der Waals surface area contributed by atoms with Crippen molar-refractivity contribution in [1.82, 2.24) is 9.97 Å². The molecule has 3 rings (SSSR count). The van der Waals surface area contributed by atoms with Crippen LogP contribution in [-0.4, -0.2) is 9.97 Å². The van der Waals surface area contributed by atoms with E-state index >= 15 is 0 Å². The Kier molecular flexibility index (Phi) is 2.20. The molecular formula is C12H6Cl2N2. The van der Waals surface area contributed by atoms with Crippen LogP contribution in [0.5, 0.6) is 0 Å². The fraction of sp³-hybridized carbons (Fsp3) is 0. The Hall–Kier alpha value is -1.38. The summed E-state index contributed by atoms with van der Waals surface area (Å²) in [6.45, 7) is 0. The zero-order chi connectivity index (χ0) is 11.1. The SMILES string of the molecule is Clc1nc2ccccc2c2c(Cl)nccc12. The Morgan fingerprint density at radius 2 is 1.69 bits per heavy atom. The number of rotatable bonds is 0. The van der Waals surface area contributed by atoms with Crippen molar-refractivity contribution in [3.63, 3.8) is 0 Å². The summed E-state index contributed by atoms with van der Waals surface area (Å²) in [6, 6.07) is 9.56. The van der Waals surface area contributed by atoms with Crippen molar-refractivity contribution in [3.8, 4) is 0 Å². The number of hydrogen-bond acceptors (Lipinski definition) is 2. The highest BCUT2D eigenvalue weighted by Crippen LogP contribution is 2.32. The second kappa shape index (κ2) is 3.58. The van der Waals surface area contributed by atoms with Crippen LogP contribution in [0.2, 0.25) is 10.3 Å². The maximum absolute atomic E-state index is 6.11. The van der Waals surface area contributed by atoms with E-state index in [0.717, 1.165) is 21.7 Å². The van der Waals surface area contributed by atoms with Gasteiger partial charge in [0.2, 0.25) is 0 Å². The van der Waals surface area contributed by atoms with Gasteiger partial charge < -0.3 is 0 Å². The van der Waals surface area contributed by atoms with E-state index in [4.69, 9.17) is 23.2 Å². The molecule has 0 aliphatic carbocycles. The summed E-state index contributed by atoms with van der Waals surface area (Å²) >= 11 is 12.2. The van der Waals surface area contributed by atoms with Gasteiger partial charge in [0.05, 0.1) is 5.52 Å². The minimum Gasteiger partial charge on any atom is -0.244 e. The highest BCUT2D eigenvalue weighted by molar-refractivity contribution is 6.40. The maximum Gasteiger partial charge on any atom is 0.137 e. The highest BCUT2D eigenvalue weighted by atomic mass is 35.5. The minimum absolute atomic E-state index is 0.456. The molecule has 16 heavy (non-hydrogen) atoms. The Morgan fingerprint density at radius 3 is 2.56 bits per heavy atom. The summed E-state index contributed by atoms with van der Waals surface area (Å²) in [4.78, 5) is 8.40. The van der Waals surface area contributed by atoms with E-state index < -0.39 is 0 Å². The van der Waals surface area contributed by atoms with E-state index in [1.807, 2.05) is 30.3 Å². The van der Waals surface area contributed by atoms with Crippen LogP contribution in [0.3, 0.4) is 0 Å². The van der Waals surface area contributed by atoms with Gasteiger partial charge in [-0.15, -0.1) is 0 Å². The van der Waals surface area contributed by atoms with Crippen LogP contribution in [-0.2, 0) is 0 Å². The summed E-state index contributed by atoms with van der Waals surface area (Å²) in [7, 11) is 0. The van der Waals surface area contributed by atoms with Gasteiger partial charge in [0.15, 0.2) is 0 Å². The van der Waals surface area contributed by atoms with Gasteiger partial charge in [0.25, 0.3) is 0 Å². The van der Waals surface area contributed by atoms with Crippen molar-refractivity contribution >= 4 is 44.9 Å². The molecule has 2 aromatic heterocycles. The predicted octanol–water partition coefficient (Wildman–Crippen LogP) is 4.09. The molecule has 1 aromatic carbocycles. The van der Waals surface area contributed by atoms with Crippen LogP contribution < -0.4 is 0 Å². The third-order valence-corrected chi connectivity index (χ3v) is 3.09. The summed E-state index contributed by atoms with van der Waals surface area (Å²) in [5.41, 5.74) is 0.829. The lowest BCUT2D eigenvalue weighted by Gasteiger charge is -2.05. The molecule has 0 amide bonds. The number of pyridine rings is 2. The maximum atomic E-state index is 6.11. The van der Waals surface area contributed by atoms with Crippen molar-refractivity contribution in [2.24, 2.45) is 0 Å². The normalized spacial score (nSPS) is 11.1. The van der Waals surface area contributed by atoms with Crippen LogP contribution >= 0.6 is 23.2 Å². The Bertz CT molecular complexity index is 695.